The van der Waals surface area contributed by atoms with Crippen molar-refractivity contribution in [2.45, 2.75) is 26.6 Å². The van der Waals surface area contributed by atoms with Crippen molar-refractivity contribution >= 4 is 17.5 Å². The first-order valence-electron chi connectivity index (χ1n) is 10.5. The molecule has 1 amide bonds. The molecule has 174 valence electrons. The van der Waals surface area contributed by atoms with Crippen molar-refractivity contribution in [3.63, 3.8) is 0 Å². The molecule has 4 rings (SSSR count). The maximum absolute atomic E-state index is 14.3. The maximum Gasteiger partial charge on any atom is 0.431 e. The lowest BCUT2D eigenvalue weighted by molar-refractivity contribution is -0.143. The van der Waals surface area contributed by atoms with Gasteiger partial charge in [-0.05, 0) is 48.7 Å². The molecule has 1 aliphatic heterocycles. The molecule has 1 saturated heterocycles. The zero-order valence-corrected chi connectivity index (χ0v) is 19.0. The van der Waals surface area contributed by atoms with Crippen LogP contribution in [0.3, 0.4) is 0 Å². The Balaban J connectivity index is 1.96. The third kappa shape index (κ3) is 4.77. The predicted octanol–water partition coefficient (Wildman–Crippen LogP) is 5.36. The van der Waals surface area contributed by atoms with Crippen LogP contribution in [-0.4, -0.2) is 46.7 Å². The fourth-order valence-electron chi connectivity index (χ4n) is 4.13. The number of hydrogen-bond acceptors (Lipinski definition) is 3. The molecule has 5 nitrogen and oxygen atoms in total. The summed E-state index contributed by atoms with van der Waals surface area (Å²) in [6.45, 7) is 4.38. The number of hydrogen-bond donors (Lipinski definition) is 0. The number of aryl methyl sites for hydroxylation is 1. The van der Waals surface area contributed by atoms with Crippen LogP contribution in [0.5, 0.6) is 0 Å². The first-order chi connectivity index (χ1) is 15.7. The van der Waals surface area contributed by atoms with E-state index in [1.807, 2.05) is 6.92 Å². The second-order valence-corrected chi connectivity index (χ2v) is 8.46. The summed E-state index contributed by atoms with van der Waals surface area (Å²) in [5.41, 5.74) is 1.20. The Morgan fingerprint density at radius 3 is 2.33 bits per heavy atom. The zero-order valence-electron chi connectivity index (χ0n) is 18.2. The van der Waals surface area contributed by atoms with Crippen LogP contribution < -0.4 is 0 Å². The van der Waals surface area contributed by atoms with E-state index in [9.17, 15) is 18.0 Å². The minimum Gasteiger partial charge on any atom is -0.378 e. The van der Waals surface area contributed by atoms with E-state index in [4.69, 9.17) is 16.3 Å². The van der Waals surface area contributed by atoms with Crippen LogP contribution in [0, 0.1) is 13.8 Å². The van der Waals surface area contributed by atoms with Gasteiger partial charge >= 0.3 is 6.18 Å². The number of alkyl halides is 3. The average molecular weight is 478 g/mol. The van der Waals surface area contributed by atoms with Crippen LogP contribution in [0.25, 0.3) is 11.1 Å². The number of benzene rings is 1. The molecule has 0 saturated carbocycles. The molecule has 1 fully saturated rings. The number of carbonyl (C=O) groups is 1. The van der Waals surface area contributed by atoms with Crippen molar-refractivity contribution in [1.82, 2.24) is 14.5 Å². The predicted molar refractivity (Wildman–Crippen MR) is 119 cm³/mol. The van der Waals surface area contributed by atoms with Gasteiger partial charge in [0.1, 0.15) is 11.4 Å². The molecular weight excluding hydrogens is 455 g/mol. The van der Waals surface area contributed by atoms with E-state index in [0.29, 0.717) is 42.6 Å². The van der Waals surface area contributed by atoms with Gasteiger partial charge in [0.25, 0.3) is 5.91 Å². The van der Waals surface area contributed by atoms with Gasteiger partial charge in [-0.1, -0.05) is 29.8 Å². The third-order valence-corrected chi connectivity index (χ3v) is 5.95. The van der Waals surface area contributed by atoms with Gasteiger partial charge in [0.05, 0.1) is 25.5 Å². The topological polar surface area (TPSA) is 47.4 Å². The van der Waals surface area contributed by atoms with E-state index in [2.05, 4.69) is 4.98 Å². The molecule has 3 heterocycles. The molecule has 0 N–H and O–H groups in total. The number of rotatable bonds is 4. The quantitative estimate of drug-likeness (QED) is 0.508. The van der Waals surface area contributed by atoms with Gasteiger partial charge in [-0.25, -0.2) is 0 Å². The largest absolute Gasteiger partial charge is 0.431 e. The van der Waals surface area contributed by atoms with Gasteiger partial charge in [0.15, 0.2) is 0 Å². The Hall–Kier alpha value is -2.84. The molecule has 0 bridgehead atoms. The Bertz CT molecular complexity index is 1150. The highest BCUT2D eigenvalue weighted by Crippen LogP contribution is 2.42. The van der Waals surface area contributed by atoms with Crippen LogP contribution in [0.1, 0.15) is 33.0 Å². The van der Waals surface area contributed by atoms with Gasteiger partial charge in [-0.15, -0.1) is 0 Å². The summed E-state index contributed by atoms with van der Waals surface area (Å²) in [6, 6.07) is 9.94. The number of amides is 1. The van der Waals surface area contributed by atoms with Gasteiger partial charge in [0, 0.05) is 29.9 Å². The fraction of sp³-hybridized carbons (Fsp3) is 0.333. The summed E-state index contributed by atoms with van der Waals surface area (Å²) in [4.78, 5) is 19.5. The number of halogens is 4. The highest BCUT2D eigenvalue weighted by atomic mass is 35.5. The molecule has 2 aromatic heterocycles. The van der Waals surface area contributed by atoms with Crippen LogP contribution in [-0.2, 0) is 17.5 Å². The zero-order chi connectivity index (χ0) is 23.8. The Morgan fingerprint density at radius 2 is 1.76 bits per heavy atom. The number of nitrogens with zero attached hydrogens (tertiary/aromatic N) is 3. The van der Waals surface area contributed by atoms with E-state index < -0.39 is 17.8 Å². The SMILES string of the molecule is Cc1ccc(Cn2c(C(=O)N3CCOCC3)c(-c3ccc(Cl)cc3)c(C)c2C(F)(F)F)nc1. The molecule has 0 atom stereocenters. The lowest BCUT2D eigenvalue weighted by Crippen LogP contribution is -2.41. The van der Waals surface area contributed by atoms with Crippen molar-refractivity contribution in [1.29, 1.82) is 0 Å². The van der Waals surface area contributed by atoms with E-state index in [-0.39, 0.29) is 23.4 Å². The highest BCUT2D eigenvalue weighted by Gasteiger charge is 2.42. The lowest BCUT2D eigenvalue weighted by atomic mass is 10.00. The Morgan fingerprint density at radius 1 is 1.09 bits per heavy atom. The molecule has 1 aromatic carbocycles. The average Bonchev–Trinajstić information content (AvgIpc) is 3.08. The number of morpholine rings is 1. The van der Waals surface area contributed by atoms with E-state index in [1.54, 1.807) is 42.6 Å². The monoisotopic (exact) mass is 477 g/mol. The minimum atomic E-state index is -4.67. The number of carbonyl (C=O) groups excluding carboxylic acids is 1. The molecule has 9 heteroatoms. The molecular formula is C24H23ClF3N3O2. The smallest absolute Gasteiger partial charge is 0.378 e. The lowest BCUT2D eigenvalue weighted by Gasteiger charge is -2.28. The Labute approximate surface area is 194 Å². The van der Waals surface area contributed by atoms with Gasteiger partial charge < -0.3 is 14.2 Å². The molecule has 33 heavy (non-hydrogen) atoms. The van der Waals surface area contributed by atoms with Crippen LogP contribution in [0.15, 0.2) is 42.6 Å². The summed E-state index contributed by atoms with van der Waals surface area (Å²) in [7, 11) is 0. The van der Waals surface area contributed by atoms with E-state index >= 15 is 0 Å². The first kappa shape index (κ1) is 23.3. The molecule has 0 spiro atoms. The minimum absolute atomic E-state index is 0.00598. The summed E-state index contributed by atoms with van der Waals surface area (Å²) < 4.78 is 49.4. The number of pyridine rings is 1. The van der Waals surface area contributed by atoms with Gasteiger partial charge in [0.2, 0.25) is 0 Å². The maximum atomic E-state index is 14.3. The van der Waals surface area contributed by atoms with Crippen LogP contribution in [0.2, 0.25) is 5.02 Å². The van der Waals surface area contributed by atoms with Crippen molar-refractivity contribution in [2.75, 3.05) is 26.3 Å². The molecule has 3 aromatic rings. The molecule has 0 unspecified atom stereocenters. The molecule has 1 aliphatic rings. The van der Waals surface area contributed by atoms with Gasteiger partial charge in [-0.2, -0.15) is 13.2 Å². The van der Waals surface area contributed by atoms with Crippen LogP contribution >= 0.6 is 11.6 Å². The van der Waals surface area contributed by atoms with Crippen molar-refractivity contribution < 1.29 is 22.7 Å². The van der Waals surface area contributed by atoms with Gasteiger partial charge in [-0.3, -0.25) is 9.78 Å². The summed E-state index contributed by atoms with van der Waals surface area (Å²) in [6.07, 6.45) is -3.07. The van der Waals surface area contributed by atoms with Crippen molar-refractivity contribution in [2.24, 2.45) is 0 Å². The molecule has 0 radical (unpaired) electrons. The summed E-state index contributed by atoms with van der Waals surface area (Å²) in [5, 5.41) is 0.455. The molecule has 0 aliphatic carbocycles. The standard InChI is InChI=1S/C24H23ClF3N3O2/c1-15-3-8-19(29-13-15)14-31-21(23(32)30-9-11-33-12-10-30)20(16(2)22(31)24(26,27)28)17-4-6-18(25)7-5-17/h3-8,13H,9-12,14H2,1-2H3. The third-order valence-electron chi connectivity index (χ3n) is 5.70. The second-order valence-electron chi connectivity index (χ2n) is 8.02. The fourth-order valence-corrected chi connectivity index (χ4v) is 4.26. The van der Waals surface area contributed by atoms with Crippen molar-refractivity contribution in [3.8, 4) is 11.1 Å². The summed E-state index contributed by atoms with van der Waals surface area (Å²) >= 11 is 6.01. The van der Waals surface area contributed by atoms with Crippen molar-refractivity contribution in [3.05, 3.63) is 75.8 Å². The number of aromatic nitrogens is 2. The number of ether oxygens (including phenoxy) is 1. The van der Waals surface area contributed by atoms with E-state index in [1.165, 1.54) is 11.8 Å². The summed E-state index contributed by atoms with van der Waals surface area (Å²) in [5.74, 6) is -0.464. The second kappa shape index (κ2) is 9.19. The van der Waals surface area contributed by atoms with E-state index in [0.717, 1.165) is 10.1 Å². The Kier molecular flexibility index (Phi) is 6.50. The normalized spacial score (nSPS) is 14.5. The first-order valence-corrected chi connectivity index (χ1v) is 10.9. The highest BCUT2D eigenvalue weighted by molar-refractivity contribution is 6.30. The van der Waals surface area contributed by atoms with Crippen LogP contribution in [0.4, 0.5) is 13.2 Å².